The van der Waals surface area contributed by atoms with Crippen molar-refractivity contribution in [2.75, 3.05) is 0 Å². The molecule has 0 radical (unpaired) electrons. The van der Waals surface area contributed by atoms with Crippen molar-refractivity contribution < 1.29 is 9.53 Å². The Balaban J connectivity index is 0.000000461. The van der Waals surface area contributed by atoms with E-state index in [-0.39, 0.29) is 11.6 Å². The summed E-state index contributed by atoms with van der Waals surface area (Å²) in [5.41, 5.74) is -0.225. The molecule has 0 spiro atoms. The lowest BCUT2D eigenvalue weighted by Gasteiger charge is -2.20. The van der Waals surface area contributed by atoms with Crippen LogP contribution in [0.15, 0.2) is 0 Å². The molecule has 0 saturated carbocycles. The predicted octanol–water partition coefficient (Wildman–Crippen LogP) is 2.37. The minimum atomic E-state index is -0.225. The normalized spacial score (nSPS) is 27.0. The van der Waals surface area contributed by atoms with Crippen LogP contribution in [0.5, 0.6) is 0 Å². The van der Waals surface area contributed by atoms with E-state index in [2.05, 4.69) is 0 Å². The largest absolute Gasteiger partial charge is 0.459 e. The topological polar surface area (TPSA) is 26.3 Å². The Bertz CT molecular complexity index is 138. The highest BCUT2D eigenvalue weighted by atomic mass is 16.6. The van der Waals surface area contributed by atoms with Gasteiger partial charge in [0, 0.05) is 5.92 Å². The lowest BCUT2D eigenvalue weighted by Crippen LogP contribution is -2.25. The van der Waals surface area contributed by atoms with E-state index in [4.69, 9.17) is 4.74 Å². The van der Waals surface area contributed by atoms with Gasteiger partial charge in [0.25, 0.3) is 0 Å². The van der Waals surface area contributed by atoms with Crippen LogP contribution < -0.4 is 0 Å². The van der Waals surface area contributed by atoms with Crippen molar-refractivity contribution in [1.29, 1.82) is 0 Å². The summed E-state index contributed by atoms with van der Waals surface area (Å²) in [6.45, 7) is 9.93. The second kappa shape index (κ2) is 3.74. The van der Waals surface area contributed by atoms with Gasteiger partial charge in [-0.25, -0.2) is 0 Å². The van der Waals surface area contributed by atoms with Crippen LogP contribution in [0.3, 0.4) is 0 Å². The molecule has 1 aliphatic heterocycles. The average molecular weight is 158 g/mol. The predicted molar refractivity (Wildman–Crippen MR) is 45.3 cm³/mol. The fraction of sp³-hybridized carbons (Fsp3) is 0.889. The first-order valence-corrected chi connectivity index (χ1v) is 4.24. The molecule has 0 amide bonds. The van der Waals surface area contributed by atoms with Crippen LogP contribution in [-0.2, 0) is 9.53 Å². The van der Waals surface area contributed by atoms with Crippen molar-refractivity contribution in [2.24, 2.45) is 5.92 Å². The molecule has 66 valence electrons. The standard InChI is InChI=1S/C7H12O2.C2H6/c1-5-4-6(8)9-7(5,2)3;1-2/h5H,4H2,1-3H3;1-2H3/t5-;/m0./s1. The molecule has 11 heavy (non-hydrogen) atoms. The zero-order valence-corrected chi connectivity index (χ0v) is 8.10. The van der Waals surface area contributed by atoms with Crippen LogP contribution in [0.4, 0.5) is 0 Å². The summed E-state index contributed by atoms with van der Waals surface area (Å²) in [4.78, 5) is 10.6. The highest BCUT2D eigenvalue weighted by Crippen LogP contribution is 2.31. The van der Waals surface area contributed by atoms with Gasteiger partial charge in [-0.15, -0.1) is 0 Å². The van der Waals surface area contributed by atoms with Crippen LogP contribution in [0.1, 0.15) is 41.0 Å². The summed E-state index contributed by atoms with van der Waals surface area (Å²) < 4.78 is 5.02. The first-order chi connectivity index (χ1) is 5.02. The molecular formula is C9H18O2. The third kappa shape index (κ3) is 2.52. The van der Waals surface area contributed by atoms with Gasteiger partial charge in [-0.05, 0) is 13.8 Å². The summed E-state index contributed by atoms with van der Waals surface area (Å²) in [6.07, 6.45) is 0.576. The first kappa shape index (κ1) is 10.5. The third-order valence-electron chi connectivity index (χ3n) is 2.04. The van der Waals surface area contributed by atoms with E-state index in [1.807, 2.05) is 34.6 Å². The Hall–Kier alpha value is -0.530. The van der Waals surface area contributed by atoms with Crippen LogP contribution in [0.2, 0.25) is 0 Å². The van der Waals surface area contributed by atoms with Crippen LogP contribution >= 0.6 is 0 Å². The van der Waals surface area contributed by atoms with Gasteiger partial charge in [0.15, 0.2) is 0 Å². The first-order valence-electron chi connectivity index (χ1n) is 4.24. The molecule has 1 heterocycles. The number of cyclic esters (lactones) is 1. The maximum absolute atomic E-state index is 10.6. The second-order valence-corrected chi connectivity index (χ2v) is 3.18. The molecule has 1 aliphatic rings. The zero-order valence-electron chi connectivity index (χ0n) is 8.10. The quantitative estimate of drug-likeness (QED) is 0.506. The van der Waals surface area contributed by atoms with Gasteiger partial charge in [-0.2, -0.15) is 0 Å². The van der Waals surface area contributed by atoms with Crippen molar-refractivity contribution in [3.8, 4) is 0 Å². The van der Waals surface area contributed by atoms with Gasteiger partial charge in [0.2, 0.25) is 0 Å². The molecule has 0 bridgehead atoms. The minimum absolute atomic E-state index is 0.0625. The molecule has 0 aromatic heterocycles. The number of esters is 1. The number of ether oxygens (including phenoxy) is 1. The Labute approximate surface area is 68.9 Å². The molecule has 0 unspecified atom stereocenters. The van der Waals surface area contributed by atoms with E-state index in [1.165, 1.54) is 0 Å². The molecule has 0 aromatic carbocycles. The van der Waals surface area contributed by atoms with Crippen molar-refractivity contribution >= 4 is 5.97 Å². The fourth-order valence-corrected chi connectivity index (χ4v) is 0.931. The molecule has 1 fully saturated rings. The number of hydrogen-bond donors (Lipinski definition) is 0. The van der Waals surface area contributed by atoms with E-state index >= 15 is 0 Å². The Kier molecular flexibility index (Phi) is 3.56. The summed E-state index contributed by atoms with van der Waals surface area (Å²) in [6, 6.07) is 0. The SMILES string of the molecule is CC.C[C@H]1CC(=O)OC1(C)C. The lowest BCUT2D eigenvalue weighted by atomic mass is 9.93. The fourth-order valence-electron chi connectivity index (χ4n) is 0.931. The summed E-state index contributed by atoms with van der Waals surface area (Å²) in [5, 5.41) is 0. The van der Waals surface area contributed by atoms with Crippen molar-refractivity contribution in [3.05, 3.63) is 0 Å². The van der Waals surface area contributed by atoms with E-state index in [0.717, 1.165) is 0 Å². The number of rotatable bonds is 0. The summed E-state index contributed by atoms with van der Waals surface area (Å²) in [5.74, 6) is 0.303. The zero-order chi connectivity index (χ0) is 9.07. The van der Waals surface area contributed by atoms with Crippen LogP contribution in [0, 0.1) is 5.92 Å². The number of hydrogen-bond acceptors (Lipinski definition) is 2. The lowest BCUT2D eigenvalue weighted by molar-refractivity contribution is -0.146. The molecule has 1 saturated heterocycles. The van der Waals surface area contributed by atoms with E-state index < -0.39 is 0 Å². The van der Waals surface area contributed by atoms with E-state index in [9.17, 15) is 4.79 Å². The van der Waals surface area contributed by atoms with Gasteiger partial charge in [0.05, 0.1) is 6.42 Å². The van der Waals surface area contributed by atoms with Crippen molar-refractivity contribution in [2.45, 2.75) is 46.6 Å². The van der Waals surface area contributed by atoms with Gasteiger partial charge in [0.1, 0.15) is 5.60 Å². The van der Waals surface area contributed by atoms with Crippen molar-refractivity contribution in [3.63, 3.8) is 0 Å². The molecule has 2 nitrogen and oxygen atoms in total. The van der Waals surface area contributed by atoms with Crippen molar-refractivity contribution in [1.82, 2.24) is 0 Å². The van der Waals surface area contributed by atoms with Gasteiger partial charge in [-0.3, -0.25) is 4.79 Å². The molecule has 0 aromatic rings. The Morgan fingerprint density at radius 3 is 2.00 bits per heavy atom. The number of carbonyl (C=O) groups excluding carboxylic acids is 1. The van der Waals surface area contributed by atoms with Gasteiger partial charge >= 0.3 is 5.97 Å². The molecular weight excluding hydrogens is 140 g/mol. The highest BCUT2D eigenvalue weighted by molar-refractivity contribution is 5.72. The highest BCUT2D eigenvalue weighted by Gasteiger charge is 2.38. The number of carbonyl (C=O) groups is 1. The Morgan fingerprint density at radius 1 is 1.45 bits per heavy atom. The smallest absolute Gasteiger partial charge is 0.306 e. The maximum Gasteiger partial charge on any atom is 0.306 e. The van der Waals surface area contributed by atoms with Gasteiger partial charge < -0.3 is 4.74 Å². The molecule has 0 N–H and O–H groups in total. The monoisotopic (exact) mass is 158 g/mol. The summed E-state index contributed by atoms with van der Waals surface area (Å²) in [7, 11) is 0. The van der Waals surface area contributed by atoms with Crippen LogP contribution in [0.25, 0.3) is 0 Å². The second-order valence-electron chi connectivity index (χ2n) is 3.18. The third-order valence-corrected chi connectivity index (χ3v) is 2.04. The minimum Gasteiger partial charge on any atom is -0.459 e. The average Bonchev–Trinajstić information content (AvgIpc) is 2.10. The molecule has 1 atom stereocenters. The summed E-state index contributed by atoms with van der Waals surface area (Å²) >= 11 is 0. The van der Waals surface area contributed by atoms with E-state index in [1.54, 1.807) is 0 Å². The van der Waals surface area contributed by atoms with Crippen LogP contribution in [-0.4, -0.2) is 11.6 Å². The van der Waals surface area contributed by atoms with Gasteiger partial charge in [-0.1, -0.05) is 20.8 Å². The molecule has 2 heteroatoms. The molecule has 0 aliphatic carbocycles. The maximum atomic E-state index is 10.6. The van der Waals surface area contributed by atoms with E-state index in [0.29, 0.717) is 12.3 Å². The Morgan fingerprint density at radius 2 is 1.91 bits per heavy atom. The molecule has 1 rings (SSSR count).